The van der Waals surface area contributed by atoms with Crippen LogP contribution in [-0.4, -0.2) is 22.5 Å². The van der Waals surface area contributed by atoms with Crippen molar-refractivity contribution < 1.29 is 14.3 Å². The van der Waals surface area contributed by atoms with E-state index in [9.17, 15) is 14.3 Å². The average molecular weight is 342 g/mol. The van der Waals surface area contributed by atoms with E-state index >= 15 is 0 Å². The van der Waals surface area contributed by atoms with Crippen molar-refractivity contribution >= 4 is 5.91 Å². The third kappa shape index (κ3) is 3.99. The Balaban J connectivity index is 1.87. The molecule has 1 aliphatic rings. The fraction of sp³-hybridized carbons (Fsp3) is 0.350. The van der Waals surface area contributed by atoms with Crippen LogP contribution in [0.15, 0.2) is 42.5 Å². The standard InChI is InChI=1S/C20H23FN2O2/c1-13(15-4-3-5-18(25)11-15)22-20-8-9-23(14(2)24)12-16-10-17(21)6-7-19(16)20/h3-7,10-11,13,20,22,25H,8-9,12H2,1-2H3/t13-,20-/m0/s1. The van der Waals surface area contributed by atoms with Gasteiger partial charge in [-0.2, -0.15) is 0 Å². The Kier molecular flexibility index (Phi) is 5.04. The minimum Gasteiger partial charge on any atom is -0.508 e. The molecule has 2 atom stereocenters. The summed E-state index contributed by atoms with van der Waals surface area (Å²) in [7, 11) is 0. The van der Waals surface area contributed by atoms with Gasteiger partial charge in [-0.15, -0.1) is 0 Å². The second kappa shape index (κ2) is 7.23. The van der Waals surface area contributed by atoms with E-state index in [1.165, 1.54) is 12.1 Å². The second-order valence-electron chi connectivity index (χ2n) is 6.61. The number of hydrogen-bond acceptors (Lipinski definition) is 3. The fourth-order valence-electron chi connectivity index (χ4n) is 3.41. The number of phenols is 1. The highest BCUT2D eigenvalue weighted by Crippen LogP contribution is 2.30. The van der Waals surface area contributed by atoms with Crippen LogP contribution in [0.5, 0.6) is 5.75 Å². The molecular formula is C20H23FN2O2. The van der Waals surface area contributed by atoms with Crippen LogP contribution in [0.3, 0.4) is 0 Å². The van der Waals surface area contributed by atoms with Gasteiger partial charge in [0.1, 0.15) is 11.6 Å². The van der Waals surface area contributed by atoms with Gasteiger partial charge >= 0.3 is 0 Å². The van der Waals surface area contributed by atoms with Crippen molar-refractivity contribution in [1.29, 1.82) is 0 Å². The van der Waals surface area contributed by atoms with Gasteiger partial charge in [-0.25, -0.2) is 4.39 Å². The first kappa shape index (κ1) is 17.4. The van der Waals surface area contributed by atoms with Crippen LogP contribution in [0.25, 0.3) is 0 Å². The average Bonchev–Trinajstić information content (AvgIpc) is 2.74. The molecular weight excluding hydrogens is 319 g/mol. The minimum absolute atomic E-state index is 0.00288. The van der Waals surface area contributed by atoms with Crippen molar-refractivity contribution in [2.75, 3.05) is 6.54 Å². The zero-order valence-corrected chi connectivity index (χ0v) is 14.5. The van der Waals surface area contributed by atoms with Crippen LogP contribution >= 0.6 is 0 Å². The van der Waals surface area contributed by atoms with Gasteiger partial charge in [-0.3, -0.25) is 4.79 Å². The number of hydrogen-bond donors (Lipinski definition) is 2. The lowest BCUT2D eigenvalue weighted by atomic mass is 9.97. The Morgan fingerprint density at radius 2 is 2.12 bits per heavy atom. The van der Waals surface area contributed by atoms with Gasteiger partial charge in [-0.05, 0) is 54.3 Å². The third-order valence-corrected chi connectivity index (χ3v) is 4.80. The largest absolute Gasteiger partial charge is 0.508 e. The van der Waals surface area contributed by atoms with Crippen LogP contribution in [0.1, 0.15) is 49.0 Å². The van der Waals surface area contributed by atoms with Gasteiger partial charge in [0.15, 0.2) is 0 Å². The highest BCUT2D eigenvalue weighted by atomic mass is 19.1. The van der Waals surface area contributed by atoms with Crippen LogP contribution in [0, 0.1) is 5.82 Å². The Morgan fingerprint density at radius 3 is 2.84 bits per heavy atom. The Bertz CT molecular complexity index is 778. The van der Waals surface area contributed by atoms with Gasteiger partial charge in [0.2, 0.25) is 5.91 Å². The van der Waals surface area contributed by atoms with E-state index in [4.69, 9.17) is 0 Å². The highest BCUT2D eigenvalue weighted by Gasteiger charge is 2.25. The molecule has 5 heteroatoms. The number of fused-ring (bicyclic) bond motifs is 1. The summed E-state index contributed by atoms with van der Waals surface area (Å²) in [5.41, 5.74) is 2.85. The molecule has 0 spiro atoms. The summed E-state index contributed by atoms with van der Waals surface area (Å²) >= 11 is 0. The molecule has 0 saturated heterocycles. The molecule has 1 amide bonds. The first-order valence-corrected chi connectivity index (χ1v) is 8.53. The maximum Gasteiger partial charge on any atom is 0.219 e. The lowest BCUT2D eigenvalue weighted by Gasteiger charge is -2.24. The van der Waals surface area contributed by atoms with E-state index in [2.05, 4.69) is 5.32 Å². The first-order valence-electron chi connectivity index (χ1n) is 8.53. The van der Waals surface area contributed by atoms with Gasteiger partial charge < -0.3 is 15.3 Å². The molecule has 1 aliphatic heterocycles. The molecule has 2 aromatic carbocycles. The zero-order valence-electron chi connectivity index (χ0n) is 14.5. The SMILES string of the molecule is CC(=O)N1CC[C@H](N[C@@H](C)c2cccc(O)c2)c2ccc(F)cc2C1. The number of rotatable bonds is 3. The van der Waals surface area contributed by atoms with Crippen molar-refractivity contribution in [3.05, 3.63) is 65.0 Å². The van der Waals surface area contributed by atoms with Crippen LogP contribution in [0.2, 0.25) is 0 Å². The molecule has 3 rings (SSSR count). The van der Waals surface area contributed by atoms with Crippen molar-refractivity contribution in [2.45, 2.75) is 38.9 Å². The molecule has 2 N–H and O–H groups in total. The zero-order chi connectivity index (χ0) is 18.0. The lowest BCUT2D eigenvalue weighted by Crippen LogP contribution is -2.30. The van der Waals surface area contributed by atoms with Gasteiger partial charge in [0.05, 0.1) is 0 Å². The first-order chi connectivity index (χ1) is 11.9. The van der Waals surface area contributed by atoms with Crippen molar-refractivity contribution in [3.8, 4) is 5.75 Å². The van der Waals surface area contributed by atoms with Crippen molar-refractivity contribution in [3.63, 3.8) is 0 Å². The number of carbonyl (C=O) groups is 1. The van der Waals surface area contributed by atoms with E-state index in [0.717, 1.165) is 23.1 Å². The summed E-state index contributed by atoms with van der Waals surface area (Å²) < 4.78 is 13.7. The molecule has 1 heterocycles. The van der Waals surface area contributed by atoms with Gasteiger partial charge in [0.25, 0.3) is 0 Å². The van der Waals surface area contributed by atoms with Crippen molar-refractivity contribution in [2.24, 2.45) is 0 Å². The molecule has 0 radical (unpaired) electrons. The molecule has 4 nitrogen and oxygen atoms in total. The van der Waals surface area contributed by atoms with Gasteiger partial charge in [0, 0.05) is 32.1 Å². The van der Waals surface area contributed by atoms with Crippen LogP contribution < -0.4 is 5.32 Å². The topological polar surface area (TPSA) is 52.6 Å². The van der Waals surface area contributed by atoms with E-state index in [0.29, 0.717) is 13.1 Å². The third-order valence-electron chi connectivity index (χ3n) is 4.80. The molecule has 0 aliphatic carbocycles. The van der Waals surface area contributed by atoms with Gasteiger partial charge in [-0.1, -0.05) is 18.2 Å². The molecule has 0 fully saturated rings. The highest BCUT2D eigenvalue weighted by molar-refractivity contribution is 5.73. The molecule has 25 heavy (non-hydrogen) atoms. The predicted molar refractivity (Wildman–Crippen MR) is 94.5 cm³/mol. The summed E-state index contributed by atoms with van der Waals surface area (Å²) in [5.74, 6) is -0.0573. The molecule has 2 aromatic rings. The van der Waals surface area contributed by atoms with E-state index in [-0.39, 0.29) is 29.6 Å². The Labute approximate surface area is 147 Å². The summed E-state index contributed by atoms with van der Waals surface area (Å²) in [6.07, 6.45) is 0.751. The fourth-order valence-corrected chi connectivity index (χ4v) is 3.41. The molecule has 132 valence electrons. The Morgan fingerprint density at radius 1 is 1.32 bits per heavy atom. The number of phenolic OH excluding ortho intramolecular Hbond substituents is 1. The second-order valence-corrected chi connectivity index (χ2v) is 6.61. The monoisotopic (exact) mass is 342 g/mol. The lowest BCUT2D eigenvalue weighted by molar-refractivity contribution is -0.129. The van der Waals surface area contributed by atoms with Crippen LogP contribution in [-0.2, 0) is 11.3 Å². The number of aromatic hydroxyl groups is 1. The smallest absolute Gasteiger partial charge is 0.219 e. The Hall–Kier alpha value is -2.40. The molecule has 0 aromatic heterocycles. The normalized spacial score (nSPS) is 18.4. The number of nitrogens with one attached hydrogen (secondary N) is 1. The van der Waals surface area contributed by atoms with Crippen LogP contribution in [0.4, 0.5) is 4.39 Å². The number of halogens is 1. The summed E-state index contributed by atoms with van der Waals surface area (Å²) in [6.45, 7) is 4.63. The van der Waals surface area contributed by atoms with E-state index in [1.807, 2.05) is 19.1 Å². The molecule has 0 unspecified atom stereocenters. The minimum atomic E-state index is -0.288. The number of nitrogens with zero attached hydrogens (tertiary/aromatic N) is 1. The van der Waals surface area contributed by atoms with E-state index in [1.54, 1.807) is 30.0 Å². The molecule has 0 bridgehead atoms. The quantitative estimate of drug-likeness (QED) is 0.895. The van der Waals surface area contributed by atoms with E-state index < -0.39 is 0 Å². The maximum atomic E-state index is 13.7. The number of benzene rings is 2. The summed E-state index contributed by atoms with van der Waals surface area (Å²) in [4.78, 5) is 13.6. The number of carbonyl (C=O) groups excluding carboxylic acids is 1. The van der Waals surface area contributed by atoms with Crippen molar-refractivity contribution in [1.82, 2.24) is 10.2 Å². The molecule has 0 saturated carbocycles. The number of amides is 1. The predicted octanol–water partition coefficient (Wildman–Crippen LogP) is 3.68. The summed E-state index contributed by atoms with van der Waals surface area (Å²) in [6, 6.07) is 12.0. The summed E-state index contributed by atoms with van der Waals surface area (Å²) in [5, 5.41) is 13.2. The maximum absolute atomic E-state index is 13.7.